The van der Waals surface area contributed by atoms with Gasteiger partial charge in [0.25, 0.3) is 0 Å². The van der Waals surface area contributed by atoms with Crippen molar-refractivity contribution in [3.05, 3.63) is 35.9 Å². The van der Waals surface area contributed by atoms with Gasteiger partial charge >= 0.3 is 0 Å². The lowest BCUT2D eigenvalue weighted by molar-refractivity contribution is 0.150. The van der Waals surface area contributed by atoms with Crippen molar-refractivity contribution < 1.29 is 9.57 Å². The summed E-state index contributed by atoms with van der Waals surface area (Å²) in [6, 6.07) is 10.0. The molecule has 1 aromatic rings. The van der Waals surface area contributed by atoms with E-state index in [2.05, 4.69) is 9.99 Å². The summed E-state index contributed by atoms with van der Waals surface area (Å²) < 4.78 is 5.42. The zero-order valence-corrected chi connectivity index (χ0v) is 8.56. The molecule has 0 amide bonds. The Hall–Kier alpha value is -1.35. The van der Waals surface area contributed by atoms with Crippen LogP contribution in [0.3, 0.4) is 0 Å². The van der Waals surface area contributed by atoms with Crippen LogP contribution in [0.1, 0.15) is 12.5 Å². The predicted octanol–water partition coefficient (Wildman–Crippen LogP) is 2.23. The molecule has 3 nitrogen and oxygen atoms in total. The number of oxime groups is 1. The largest absolute Gasteiger partial charge is 0.399 e. The highest BCUT2D eigenvalue weighted by atomic mass is 16.6. The number of benzene rings is 1. The molecule has 0 aliphatic carbocycles. The number of ether oxygens (including phenoxy) is 1. The van der Waals surface area contributed by atoms with Crippen LogP contribution in [-0.4, -0.2) is 19.4 Å². The van der Waals surface area contributed by atoms with Crippen molar-refractivity contribution in [1.29, 1.82) is 0 Å². The van der Waals surface area contributed by atoms with Gasteiger partial charge in [0, 0.05) is 0 Å². The van der Waals surface area contributed by atoms with Gasteiger partial charge in [-0.1, -0.05) is 35.5 Å². The average molecular weight is 193 g/mol. The molecular formula is C11H15NO2. The third-order valence-electron chi connectivity index (χ3n) is 1.67. The van der Waals surface area contributed by atoms with Gasteiger partial charge in [-0.3, -0.25) is 0 Å². The summed E-state index contributed by atoms with van der Waals surface area (Å²) >= 11 is 0. The molecule has 0 aliphatic rings. The molecule has 1 rings (SSSR count). The van der Waals surface area contributed by atoms with Crippen LogP contribution in [-0.2, 0) is 16.2 Å². The molecule has 0 aromatic heterocycles. The molecule has 0 atom stereocenters. The first kappa shape index (κ1) is 10.7. The minimum absolute atomic E-state index is 0.503. The molecule has 76 valence electrons. The Morgan fingerprint density at radius 3 is 2.64 bits per heavy atom. The van der Waals surface area contributed by atoms with Gasteiger partial charge in [-0.05, 0) is 12.5 Å². The van der Waals surface area contributed by atoms with Gasteiger partial charge in [-0.2, -0.15) is 0 Å². The molecule has 0 spiro atoms. The van der Waals surface area contributed by atoms with Crippen LogP contribution in [0.4, 0.5) is 0 Å². The summed E-state index contributed by atoms with van der Waals surface area (Å²) in [5.74, 6) is 0. The predicted molar refractivity (Wildman–Crippen MR) is 56.2 cm³/mol. The summed E-state index contributed by atoms with van der Waals surface area (Å²) in [7, 11) is 1.53. The van der Waals surface area contributed by atoms with E-state index in [9.17, 15) is 0 Å². The van der Waals surface area contributed by atoms with E-state index in [0.29, 0.717) is 13.2 Å². The van der Waals surface area contributed by atoms with Crippen LogP contribution in [0.15, 0.2) is 35.5 Å². The lowest BCUT2D eigenvalue weighted by Gasteiger charge is -2.03. The first-order chi connectivity index (χ1) is 6.83. The Labute approximate surface area is 84.3 Å². The topological polar surface area (TPSA) is 30.8 Å². The molecule has 0 saturated carbocycles. The summed E-state index contributed by atoms with van der Waals surface area (Å²) in [6.07, 6.45) is 0. The van der Waals surface area contributed by atoms with Crippen LogP contribution < -0.4 is 0 Å². The Kier molecular flexibility index (Phi) is 4.72. The minimum Gasteiger partial charge on any atom is -0.399 e. The monoisotopic (exact) mass is 193 g/mol. The maximum atomic E-state index is 5.42. The zero-order valence-electron chi connectivity index (χ0n) is 8.56. The molecule has 0 unspecified atom stereocenters. The van der Waals surface area contributed by atoms with Gasteiger partial charge in [0.05, 0.1) is 18.9 Å². The maximum Gasteiger partial charge on any atom is 0.106 e. The normalized spacial score (nSPS) is 11.4. The first-order valence-corrected chi connectivity index (χ1v) is 4.51. The fourth-order valence-electron chi connectivity index (χ4n) is 1.07. The average Bonchev–Trinajstić information content (AvgIpc) is 2.20. The smallest absolute Gasteiger partial charge is 0.106 e. The summed E-state index contributed by atoms with van der Waals surface area (Å²) in [5.41, 5.74) is 2.00. The Morgan fingerprint density at radius 1 is 1.29 bits per heavy atom. The SMILES string of the molecule is CO/N=C(\C)COCc1ccccc1. The van der Waals surface area contributed by atoms with E-state index in [4.69, 9.17) is 4.74 Å². The van der Waals surface area contributed by atoms with Crippen LogP contribution in [0.5, 0.6) is 0 Å². The van der Waals surface area contributed by atoms with Crippen molar-refractivity contribution >= 4 is 5.71 Å². The number of hydrogen-bond acceptors (Lipinski definition) is 3. The maximum absolute atomic E-state index is 5.42. The van der Waals surface area contributed by atoms with Crippen molar-refractivity contribution in [2.24, 2.45) is 5.16 Å². The van der Waals surface area contributed by atoms with Gasteiger partial charge in [-0.25, -0.2) is 0 Å². The van der Waals surface area contributed by atoms with Gasteiger partial charge in [-0.15, -0.1) is 0 Å². The van der Waals surface area contributed by atoms with Gasteiger partial charge < -0.3 is 9.57 Å². The lowest BCUT2D eigenvalue weighted by atomic mass is 10.2. The van der Waals surface area contributed by atoms with Crippen molar-refractivity contribution in [3.8, 4) is 0 Å². The van der Waals surface area contributed by atoms with E-state index >= 15 is 0 Å². The standard InChI is InChI=1S/C11H15NO2/c1-10(12-13-2)8-14-9-11-6-4-3-5-7-11/h3-7H,8-9H2,1-2H3/b12-10+. The van der Waals surface area contributed by atoms with E-state index in [0.717, 1.165) is 11.3 Å². The van der Waals surface area contributed by atoms with Crippen molar-refractivity contribution in [2.75, 3.05) is 13.7 Å². The molecule has 0 saturated heterocycles. The van der Waals surface area contributed by atoms with E-state index in [-0.39, 0.29) is 0 Å². The molecule has 0 fully saturated rings. The van der Waals surface area contributed by atoms with Gasteiger partial charge in [0.2, 0.25) is 0 Å². The number of nitrogens with zero attached hydrogens (tertiary/aromatic N) is 1. The fourth-order valence-corrected chi connectivity index (χ4v) is 1.07. The van der Waals surface area contributed by atoms with Crippen molar-refractivity contribution in [3.63, 3.8) is 0 Å². The summed E-state index contributed by atoms with van der Waals surface area (Å²) in [4.78, 5) is 4.61. The molecule has 0 radical (unpaired) electrons. The molecule has 1 aromatic carbocycles. The fraction of sp³-hybridized carbons (Fsp3) is 0.364. The highest BCUT2D eigenvalue weighted by Crippen LogP contribution is 2.00. The number of hydrogen-bond donors (Lipinski definition) is 0. The van der Waals surface area contributed by atoms with Crippen LogP contribution in [0, 0.1) is 0 Å². The van der Waals surface area contributed by atoms with Crippen LogP contribution in [0.2, 0.25) is 0 Å². The van der Waals surface area contributed by atoms with Gasteiger partial charge in [0.15, 0.2) is 0 Å². The Balaban J connectivity index is 2.25. The second-order valence-corrected chi connectivity index (χ2v) is 2.99. The van der Waals surface area contributed by atoms with E-state index in [1.807, 2.05) is 37.3 Å². The molecule has 0 bridgehead atoms. The van der Waals surface area contributed by atoms with Crippen LogP contribution >= 0.6 is 0 Å². The minimum atomic E-state index is 0.503. The van der Waals surface area contributed by atoms with E-state index < -0.39 is 0 Å². The van der Waals surface area contributed by atoms with Crippen molar-refractivity contribution in [2.45, 2.75) is 13.5 Å². The third-order valence-corrected chi connectivity index (χ3v) is 1.67. The highest BCUT2D eigenvalue weighted by molar-refractivity contribution is 5.82. The molecule has 3 heteroatoms. The number of rotatable bonds is 5. The third kappa shape index (κ3) is 4.05. The molecule has 0 heterocycles. The second kappa shape index (κ2) is 6.16. The van der Waals surface area contributed by atoms with E-state index in [1.54, 1.807) is 0 Å². The first-order valence-electron chi connectivity index (χ1n) is 4.51. The molecular weight excluding hydrogens is 178 g/mol. The Morgan fingerprint density at radius 2 is 2.00 bits per heavy atom. The van der Waals surface area contributed by atoms with E-state index in [1.165, 1.54) is 7.11 Å². The Bertz CT molecular complexity index is 283. The van der Waals surface area contributed by atoms with Gasteiger partial charge in [0.1, 0.15) is 7.11 Å². The summed E-state index contributed by atoms with van der Waals surface area (Å²) in [6.45, 7) is 2.98. The quantitative estimate of drug-likeness (QED) is 0.530. The lowest BCUT2D eigenvalue weighted by Crippen LogP contribution is -2.05. The second-order valence-electron chi connectivity index (χ2n) is 2.99. The zero-order chi connectivity index (χ0) is 10.2. The molecule has 0 N–H and O–H groups in total. The molecule has 0 aliphatic heterocycles. The van der Waals surface area contributed by atoms with Crippen molar-refractivity contribution in [1.82, 2.24) is 0 Å². The molecule has 14 heavy (non-hydrogen) atoms. The summed E-state index contributed by atoms with van der Waals surface area (Å²) in [5, 5.41) is 3.75. The van der Waals surface area contributed by atoms with Crippen LogP contribution in [0.25, 0.3) is 0 Å². The highest BCUT2D eigenvalue weighted by Gasteiger charge is 1.94.